The number of nitrogens with two attached hydrogens (primary N) is 1. The molecule has 2 rings (SSSR count). The normalized spacial score (nSPS) is 11.3. The third kappa shape index (κ3) is 4.02. The molecule has 0 radical (unpaired) electrons. The maximum atomic E-state index is 11.5. The van der Waals surface area contributed by atoms with E-state index in [1.165, 1.54) is 6.07 Å². The largest absolute Gasteiger partial charge is 0.487 e. The van der Waals surface area contributed by atoms with Gasteiger partial charge in [-0.1, -0.05) is 15.9 Å². The van der Waals surface area contributed by atoms with Gasteiger partial charge in [-0.15, -0.1) is 0 Å². The van der Waals surface area contributed by atoms with Gasteiger partial charge in [0.05, 0.1) is 0 Å². The lowest BCUT2D eigenvalue weighted by molar-refractivity contribution is 0.297. The van der Waals surface area contributed by atoms with Crippen LogP contribution in [0.25, 0.3) is 0 Å². The van der Waals surface area contributed by atoms with Crippen molar-refractivity contribution >= 4 is 41.9 Å². The number of pyridine rings is 1. The highest BCUT2D eigenvalue weighted by Gasteiger charge is 2.16. The number of benzene rings is 1. The summed E-state index contributed by atoms with van der Waals surface area (Å²) in [6.45, 7) is 0.191. The van der Waals surface area contributed by atoms with Crippen LogP contribution in [0.2, 0.25) is 0 Å². The molecule has 20 heavy (non-hydrogen) atoms. The van der Waals surface area contributed by atoms with Gasteiger partial charge in [-0.25, -0.2) is 13.6 Å². The first-order valence-electron chi connectivity index (χ1n) is 5.41. The molecule has 106 valence electrons. The lowest BCUT2D eigenvalue weighted by atomic mass is 10.3. The lowest BCUT2D eigenvalue weighted by Gasteiger charge is -2.10. The molecule has 5 nitrogen and oxygen atoms in total. The molecule has 0 saturated carbocycles. The minimum atomic E-state index is -3.85. The molecule has 0 saturated heterocycles. The molecule has 0 amide bonds. The van der Waals surface area contributed by atoms with E-state index in [9.17, 15) is 8.42 Å². The van der Waals surface area contributed by atoms with Gasteiger partial charge in [0.1, 0.15) is 17.3 Å². The second-order valence-electron chi connectivity index (χ2n) is 3.94. The Morgan fingerprint density at radius 3 is 2.55 bits per heavy atom. The molecule has 2 N–H and O–H groups in total. The molecule has 0 unspecified atom stereocenters. The molecular formula is C12H10Br2N2O3S. The Bertz CT molecular complexity index is 735. The molecule has 1 aromatic carbocycles. The average Bonchev–Trinajstić information content (AvgIpc) is 2.36. The van der Waals surface area contributed by atoms with Gasteiger partial charge in [0.25, 0.3) is 0 Å². The monoisotopic (exact) mass is 420 g/mol. The molecule has 1 heterocycles. The van der Waals surface area contributed by atoms with Gasteiger partial charge in [-0.05, 0) is 40.2 Å². The summed E-state index contributed by atoms with van der Waals surface area (Å²) < 4.78 is 30.0. The fourth-order valence-corrected chi connectivity index (χ4v) is 3.14. The first-order valence-corrected chi connectivity index (χ1v) is 8.54. The second kappa shape index (κ2) is 6.21. The molecule has 1 aromatic heterocycles. The number of hydrogen-bond donors (Lipinski definition) is 1. The Labute approximate surface area is 133 Å². The van der Waals surface area contributed by atoms with E-state index in [0.29, 0.717) is 4.47 Å². The van der Waals surface area contributed by atoms with E-state index >= 15 is 0 Å². The maximum absolute atomic E-state index is 11.5. The average molecular weight is 422 g/mol. The van der Waals surface area contributed by atoms with E-state index in [1.807, 2.05) is 6.07 Å². The smallest absolute Gasteiger partial charge is 0.241 e. The lowest BCUT2D eigenvalue weighted by Crippen LogP contribution is -2.14. The zero-order valence-corrected chi connectivity index (χ0v) is 14.1. The summed E-state index contributed by atoms with van der Waals surface area (Å²) in [6.07, 6.45) is 3.29. The summed E-state index contributed by atoms with van der Waals surface area (Å²) in [5.41, 5.74) is 0.808. The quantitative estimate of drug-likeness (QED) is 0.822. The van der Waals surface area contributed by atoms with Crippen LogP contribution in [0.15, 0.2) is 50.5 Å². The molecule has 0 aliphatic carbocycles. The number of aromatic nitrogens is 1. The summed E-state index contributed by atoms with van der Waals surface area (Å²) >= 11 is 6.51. The van der Waals surface area contributed by atoms with E-state index in [2.05, 4.69) is 36.8 Å². The van der Waals surface area contributed by atoms with E-state index in [-0.39, 0.29) is 17.3 Å². The zero-order valence-electron chi connectivity index (χ0n) is 10.1. The van der Waals surface area contributed by atoms with Crippen molar-refractivity contribution in [1.29, 1.82) is 0 Å². The highest BCUT2D eigenvalue weighted by molar-refractivity contribution is 9.10. The van der Waals surface area contributed by atoms with E-state index < -0.39 is 10.0 Å². The first kappa shape index (κ1) is 15.4. The second-order valence-corrected chi connectivity index (χ2v) is 7.30. The van der Waals surface area contributed by atoms with Crippen molar-refractivity contribution in [3.8, 4) is 5.75 Å². The van der Waals surface area contributed by atoms with Crippen LogP contribution >= 0.6 is 31.9 Å². The van der Waals surface area contributed by atoms with E-state index in [4.69, 9.17) is 9.88 Å². The SMILES string of the molecule is NS(=O)(=O)c1cc(Br)ccc1OCc1cncc(Br)c1. The first-order chi connectivity index (χ1) is 9.36. The van der Waals surface area contributed by atoms with Crippen molar-refractivity contribution in [3.63, 3.8) is 0 Å². The predicted molar refractivity (Wildman–Crippen MR) is 81.8 cm³/mol. The van der Waals surface area contributed by atoms with Gasteiger partial charge in [0.15, 0.2) is 0 Å². The molecule has 0 aliphatic heterocycles. The number of halogens is 2. The minimum absolute atomic E-state index is 0.0603. The fourth-order valence-electron chi connectivity index (χ4n) is 1.52. The van der Waals surface area contributed by atoms with Gasteiger partial charge in [0.2, 0.25) is 10.0 Å². The number of hydrogen-bond acceptors (Lipinski definition) is 4. The van der Waals surface area contributed by atoms with Crippen LogP contribution in [0.4, 0.5) is 0 Å². The summed E-state index contributed by atoms with van der Waals surface area (Å²) in [5, 5.41) is 5.17. The number of primary sulfonamides is 1. The number of nitrogens with zero attached hydrogens (tertiary/aromatic N) is 1. The standard InChI is InChI=1S/C12H10Br2N2O3S/c13-9-1-2-11(12(4-9)20(15,17)18)19-7-8-3-10(14)6-16-5-8/h1-6H,7H2,(H2,15,17,18). The van der Waals surface area contributed by atoms with E-state index in [0.717, 1.165) is 10.0 Å². The third-order valence-electron chi connectivity index (χ3n) is 2.37. The van der Waals surface area contributed by atoms with Crippen LogP contribution in [0.5, 0.6) is 5.75 Å². The summed E-state index contributed by atoms with van der Waals surface area (Å²) in [5.74, 6) is 0.204. The minimum Gasteiger partial charge on any atom is -0.487 e. The topological polar surface area (TPSA) is 82.3 Å². The molecule has 2 aromatic rings. The Balaban J connectivity index is 2.26. The van der Waals surface area contributed by atoms with Crippen molar-refractivity contribution in [1.82, 2.24) is 4.98 Å². The Kier molecular flexibility index (Phi) is 4.79. The molecular weight excluding hydrogens is 412 g/mol. The number of rotatable bonds is 4. The highest BCUT2D eigenvalue weighted by Crippen LogP contribution is 2.27. The Morgan fingerprint density at radius 2 is 1.90 bits per heavy atom. The number of ether oxygens (including phenoxy) is 1. The maximum Gasteiger partial charge on any atom is 0.241 e. The highest BCUT2D eigenvalue weighted by atomic mass is 79.9. The summed E-state index contributed by atoms with van der Waals surface area (Å²) in [4.78, 5) is 3.94. The van der Waals surface area contributed by atoms with Crippen LogP contribution in [0.3, 0.4) is 0 Å². The van der Waals surface area contributed by atoms with Crippen LogP contribution in [0.1, 0.15) is 5.56 Å². The van der Waals surface area contributed by atoms with Crippen LogP contribution in [0, 0.1) is 0 Å². The molecule has 0 spiro atoms. The molecule has 0 aliphatic rings. The van der Waals surface area contributed by atoms with Crippen LogP contribution in [-0.4, -0.2) is 13.4 Å². The Hall–Kier alpha value is -0.960. The Morgan fingerprint density at radius 1 is 1.15 bits per heavy atom. The van der Waals surface area contributed by atoms with Crippen molar-refractivity contribution < 1.29 is 13.2 Å². The van der Waals surface area contributed by atoms with Gasteiger partial charge in [-0.3, -0.25) is 4.98 Å². The van der Waals surface area contributed by atoms with Crippen molar-refractivity contribution in [2.45, 2.75) is 11.5 Å². The van der Waals surface area contributed by atoms with Gasteiger partial charge >= 0.3 is 0 Å². The van der Waals surface area contributed by atoms with Crippen molar-refractivity contribution in [2.75, 3.05) is 0 Å². The third-order valence-corrected chi connectivity index (χ3v) is 4.23. The molecule has 0 atom stereocenters. The summed E-state index contributed by atoms with van der Waals surface area (Å²) in [6, 6.07) is 6.48. The summed E-state index contributed by atoms with van der Waals surface area (Å²) in [7, 11) is -3.85. The van der Waals surface area contributed by atoms with E-state index in [1.54, 1.807) is 24.5 Å². The predicted octanol–water partition coefficient (Wildman–Crippen LogP) is 2.83. The number of sulfonamides is 1. The van der Waals surface area contributed by atoms with Gasteiger partial charge in [0, 0.05) is 26.9 Å². The van der Waals surface area contributed by atoms with Crippen LogP contribution < -0.4 is 9.88 Å². The van der Waals surface area contributed by atoms with Gasteiger partial charge in [-0.2, -0.15) is 0 Å². The molecule has 0 bridgehead atoms. The van der Waals surface area contributed by atoms with Crippen LogP contribution in [-0.2, 0) is 16.6 Å². The van der Waals surface area contributed by atoms with Crippen molar-refractivity contribution in [3.05, 3.63) is 51.2 Å². The fraction of sp³-hybridized carbons (Fsp3) is 0.0833. The van der Waals surface area contributed by atoms with Crippen molar-refractivity contribution in [2.24, 2.45) is 5.14 Å². The molecule has 8 heteroatoms. The zero-order chi connectivity index (χ0) is 14.8. The van der Waals surface area contributed by atoms with Gasteiger partial charge < -0.3 is 4.74 Å². The molecule has 0 fully saturated rings.